The van der Waals surface area contributed by atoms with Crippen molar-refractivity contribution < 1.29 is 0 Å². The first kappa shape index (κ1) is 28.3. The van der Waals surface area contributed by atoms with E-state index in [9.17, 15) is 5.26 Å². The monoisotopic (exact) mass is 621 g/mol. The second-order valence-electron chi connectivity index (χ2n) is 12.2. The summed E-state index contributed by atoms with van der Waals surface area (Å²) in [5.41, 5.74) is 10.2. The number of hydrogen-bond donors (Lipinski definition) is 0. The molecule has 0 spiro atoms. The van der Waals surface area contributed by atoms with Gasteiger partial charge in [-0.15, -0.1) is 0 Å². The van der Waals surface area contributed by atoms with Crippen molar-refractivity contribution in [2.75, 3.05) is 0 Å². The van der Waals surface area contributed by atoms with Gasteiger partial charge in [-0.2, -0.15) is 5.26 Å². The number of hydrogen-bond acceptors (Lipinski definition) is 1. The van der Waals surface area contributed by atoms with Gasteiger partial charge < -0.3 is 4.57 Å². The Kier molecular flexibility index (Phi) is 6.58. The Hall–Kier alpha value is -6.94. The molecule has 1 aromatic heterocycles. The summed E-state index contributed by atoms with van der Waals surface area (Å²) in [5, 5.41) is 17.2. The second-order valence-corrected chi connectivity index (χ2v) is 12.2. The van der Waals surface area contributed by atoms with Crippen LogP contribution in [0.3, 0.4) is 0 Å². The molecule has 9 aromatic rings. The first-order valence-corrected chi connectivity index (χ1v) is 16.3. The van der Waals surface area contributed by atoms with Crippen LogP contribution in [0.4, 0.5) is 5.69 Å². The zero-order valence-corrected chi connectivity index (χ0v) is 26.4. The molecular formula is C46H27N3. The Labute approximate surface area is 284 Å². The van der Waals surface area contributed by atoms with Crippen molar-refractivity contribution in [2.45, 2.75) is 0 Å². The lowest BCUT2D eigenvalue weighted by Crippen LogP contribution is -2.01. The van der Waals surface area contributed by atoms with E-state index < -0.39 is 0 Å². The lowest BCUT2D eigenvalue weighted by molar-refractivity contribution is 1.17. The highest BCUT2D eigenvalue weighted by Gasteiger charge is 2.22. The normalized spacial score (nSPS) is 11.2. The maximum Gasteiger partial charge on any atom is 0.194 e. The number of fused-ring (bicyclic) bond motifs is 5. The van der Waals surface area contributed by atoms with Crippen molar-refractivity contribution in [2.24, 2.45) is 0 Å². The molecule has 0 aliphatic heterocycles. The van der Waals surface area contributed by atoms with Gasteiger partial charge in [0.05, 0.1) is 28.9 Å². The van der Waals surface area contributed by atoms with Gasteiger partial charge in [-0.25, -0.2) is 4.85 Å². The minimum atomic E-state index is 0.585. The van der Waals surface area contributed by atoms with Gasteiger partial charge in [0, 0.05) is 16.3 Å². The lowest BCUT2D eigenvalue weighted by Gasteiger charge is -2.20. The van der Waals surface area contributed by atoms with Crippen molar-refractivity contribution in [1.29, 1.82) is 5.26 Å². The number of rotatable bonds is 4. The molecule has 0 N–H and O–H groups in total. The van der Waals surface area contributed by atoms with Crippen LogP contribution in [0, 0.1) is 17.9 Å². The van der Waals surface area contributed by atoms with Gasteiger partial charge in [-0.3, -0.25) is 0 Å². The maximum absolute atomic E-state index is 10.5. The molecule has 0 aliphatic carbocycles. The molecule has 226 valence electrons. The van der Waals surface area contributed by atoms with E-state index in [1.807, 2.05) is 42.5 Å². The fourth-order valence-corrected chi connectivity index (χ4v) is 7.61. The van der Waals surface area contributed by atoms with Crippen LogP contribution in [-0.4, -0.2) is 4.57 Å². The van der Waals surface area contributed by atoms with Crippen LogP contribution in [0.15, 0.2) is 164 Å². The molecule has 0 saturated carbocycles. The van der Waals surface area contributed by atoms with Crippen LogP contribution < -0.4 is 0 Å². The summed E-state index contributed by atoms with van der Waals surface area (Å²) in [5.74, 6) is 0. The third-order valence-corrected chi connectivity index (χ3v) is 9.65. The summed E-state index contributed by atoms with van der Waals surface area (Å²) in [6.07, 6.45) is 0. The summed E-state index contributed by atoms with van der Waals surface area (Å²) in [7, 11) is 0. The minimum absolute atomic E-state index is 0.585. The van der Waals surface area contributed by atoms with Gasteiger partial charge in [0.1, 0.15) is 6.07 Å². The molecule has 49 heavy (non-hydrogen) atoms. The van der Waals surface area contributed by atoms with Gasteiger partial charge in [0.15, 0.2) is 5.69 Å². The van der Waals surface area contributed by atoms with Crippen molar-refractivity contribution in [3.8, 4) is 45.1 Å². The maximum atomic E-state index is 10.5. The average molecular weight is 622 g/mol. The molecule has 1 heterocycles. The molecule has 0 fully saturated rings. The first-order valence-electron chi connectivity index (χ1n) is 16.3. The molecule has 0 saturated heterocycles. The fourth-order valence-electron chi connectivity index (χ4n) is 7.61. The lowest BCUT2D eigenvalue weighted by atomic mass is 9.85. The Morgan fingerprint density at radius 2 is 1.00 bits per heavy atom. The zero-order chi connectivity index (χ0) is 32.9. The molecular weight excluding hydrogens is 595 g/mol. The highest BCUT2D eigenvalue weighted by Crippen LogP contribution is 2.47. The van der Waals surface area contributed by atoms with E-state index in [2.05, 4.69) is 137 Å². The van der Waals surface area contributed by atoms with Crippen LogP contribution >= 0.6 is 0 Å². The van der Waals surface area contributed by atoms with E-state index in [4.69, 9.17) is 6.57 Å². The van der Waals surface area contributed by atoms with Crippen molar-refractivity contribution in [3.63, 3.8) is 0 Å². The predicted molar refractivity (Wildman–Crippen MR) is 203 cm³/mol. The Morgan fingerprint density at radius 1 is 0.469 bits per heavy atom. The molecule has 0 aliphatic rings. The van der Waals surface area contributed by atoms with Crippen LogP contribution in [0.1, 0.15) is 5.56 Å². The number of aromatic nitrogens is 1. The van der Waals surface area contributed by atoms with Crippen LogP contribution in [0.25, 0.3) is 87.3 Å². The fraction of sp³-hybridized carbons (Fsp3) is 0. The molecule has 3 nitrogen and oxygen atoms in total. The van der Waals surface area contributed by atoms with Crippen molar-refractivity contribution in [3.05, 3.63) is 181 Å². The van der Waals surface area contributed by atoms with Gasteiger partial charge >= 0.3 is 0 Å². The highest BCUT2D eigenvalue weighted by atomic mass is 15.0. The molecule has 0 bridgehead atoms. The van der Waals surface area contributed by atoms with Crippen molar-refractivity contribution in [1.82, 2.24) is 4.57 Å². The molecule has 0 radical (unpaired) electrons. The number of benzene rings is 8. The average Bonchev–Trinajstić information content (AvgIpc) is 3.50. The number of nitrogens with zero attached hydrogens (tertiary/aromatic N) is 3. The van der Waals surface area contributed by atoms with Gasteiger partial charge in [-0.05, 0) is 67.6 Å². The van der Waals surface area contributed by atoms with Gasteiger partial charge in [0.2, 0.25) is 0 Å². The molecule has 9 rings (SSSR count). The minimum Gasteiger partial charge on any atom is -0.307 e. The standard InChI is InChI=1S/C46H27N3/c1-48-41-27-26-31(33-23-13-16-32(29-47)46(33)49-42-24-11-9-17-34(42)35-18-10-12-25-43(35)49)28-40(41)45-38-21-7-5-19-36(38)44(30-14-3-2-4-15-30)37-20-6-8-22-39(37)45/h2-28H. The number of para-hydroxylation sites is 3. The topological polar surface area (TPSA) is 33.1 Å². The Bertz CT molecular complexity index is 2740. The SMILES string of the molecule is [C-]#[N+]c1ccc(-c2cccc(C#N)c2-n2c3ccccc3c3ccccc32)cc1-c1c2ccccc2c(-c2ccccc2)c2ccccc12. The van der Waals surface area contributed by atoms with Crippen molar-refractivity contribution >= 4 is 49.0 Å². The van der Waals surface area contributed by atoms with Gasteiger partial charge in [-0.1, -0.05) is 146 Å². The van der Waals surface area contributed by atoms with E-state index in [1.165, 1.54) is 5.56 Å². The zero-order valence-electron chi connectivity index (χ0n) is 26.4. The quantitative estimate of drug-likeness (QED) is 0.142. The summed E-state index contributed by atoms with van der Waals surface area (Å²) >= 11 is 0. The second kappa shape index (κ2) is 11.4. The van der Waals surface area contributed by atoms with E-state index in [1.54, 1.807) is 0 Å². The first-order chi connectivity index (χ1) is 24.3. The van der Waals surface area contributed by atoms with E-state index in [-0.39, 0.29) is 0 Å². The van der Waals surface area contributed by atoms with E-state index in [0.29, 0.717) is 11.3 Å². The Morgan fingerprint density at radius 3 is 1.57 bits per heavy atom. The summed E-state index contributed by atoms with van der Waals surface area (Å²) < 4.78 is 2.22. The van der Waals surface area contributed by atoms with Gasteiger partial charge in [0.25, 0.3) is 0 Å². The predicted octanol–water partition coefficient (Wildman–Crippen LogP) is 12.5. The third kappa shape index (κ3) is 4.35. The van der Waals surface area contributed by atoms with E-state index in [0.717, 1.165) is 76.9 Å². The third-order valence-electron chi connectivity index (χ3n) is 9.65. The molecule has 8 aromatic carbocycles. The number of nitriles is 1. The molecule has 0 amide bonds. The Balaban J connectivity index is 1.37. The smallest absolute Gasteiger partial charge is 0.194 e. The van der Waals surface area contributed by atoms with Crippen LogP contribution in [0.2, 0.25) is 0 Å². The molecule has 0 atom stereocenters. The summed E-state index contributed by atoms with van der Waals surface area (Å²) in [6, 6.07) is 58.8. The summed E-state index contributed by atoms with van der Waals surface area (Å²) in [4.78, 5) is 4.06. The van der Waals surface area contributed by atoms with E-state index >= 15 is 0 Å². The molecule has 3 heteroatoms. The van der Waals surface area contributed by atoms with Crippen LogP contribution in [0.5, 0.6) is 0 Å². The summed E-state index contributed by atoms with van der Waals surface area (Å²) in [6.45, 7) is 8.28. The largest absolute Gasteiger partial charge is 0.307 e. The van der Waals surface area contributed by atoms with Crippen LogP contribution in [-0.2, 0) is 0 Å². The highest BCUT2D eigenvalue weighted by molar-refractivity contribution is 6.22. The molecule has 0 unspecified atom stereocenters.